The number of benzene rings is 1. The van der Waals surface area contributed by atoms with E-state index >= 15 is 0 Å². The summed E-state index contributed by atoms with van der Waals surface area (Å²) in [5.41, 5.74) is 0.683. The molecule has 1 amide bonds. The van der Waals surface area contributed by atoms with Crippen molar-refractivity contribution in [2.45, 2.75) is 31.1 Å². The molecule has 0 saturated carbocycles. The largest absolute Gasteiger partial charge is 0.325 e. The van der Waals surface area contributed by atoms with Gasteiger partial charge in [-0.1, -0.05) is 19.1 Å². The van der Waals surface area contributed by atoms with E-state index < -0.39 is 0 Å². The number of rotatable bonds is 4. The summed E-state index contributed by atoms with van der Waals surface area (Å²) in [4.78, 5) is 13.7. The van der Waals surface area contributed by atoms with Gasteiger partial charge in [0.15, 0.2) is 0 Å². The second-order valence-corrected chi connectivity index (χ2v) is 5.92. The molecule has 1 unspecified atom stereocenters. The number of thioether (sulfide) groups is 1. The Hall–Kier alpha value is -1.00. The molecule has 19 heavy (non-hydrogen) atoms. The van der Waals surface area contributed by atoms with Gasteiger partial charge in [0.05, 0.1) is 11.1 Å². The molecule has 0 bridgehead atoms. The Morgan fingerprint density at radius 3 is 2.89 bits per heavy atom. The predicted molar refractivity (Wildman–Crippen MR) is 81.7 cm³/mol. The van der Waals surface area contributed by atoms with Crippen LogP contribution in [-0.2, 0) is 4.79 Å². The van der Waals surface area contributed by atoms with Crippen LogP contribution >= 0.6 is 11.8 Å². The molecule has 1 atom stereocenters. The van der Waals surface area contributed by atoms with E-state index in [9.17, 15) is 4.79 Å². The van der Waals surface area contributed by atoms with Gasteiger partial charge in [-0.2, -0.15) is 0 Å². The first-order valence-corrected chi connectivity index (χ1v) is 8.09. The van der Waals surface area contributed by atoms with Crippen molar-refractivity contribution >= 4 is 23.4 Å². The monoisotopic (exact) mass is 278 g/mol. The van der Waals surface area contributed by atoms with E-state index in [0.717, 1.165) is 42.9 Å². The summed E-state index contributed by atoms with van der Waals surface area (Å²) in [5, 5.41) is 6.48. The van der Waals surface area contributed by atoms with Gasteiger partial charge in [0.2, 0.25) is 5.91 Å². The minimum absolute atomic E-state index is 0.156. The van der Waals surface area contributed by atoms with Crippen molar-refractivity contribution in [1.82, 2.24) is 5.32 Å². The van der Waals surface area contributed by atoms with Gasteiger partial charge in [0, 0.05) is 11.4 Å². The molecule has 1 saturated heterocycles. The standard InChI is InChI=1S/C15H22N2OS/c1-3-15(9-6-10-16-11-15)14(18)17-12-7-4-5-8-13(12)19-2/h4-5,7-8,16H,3,6,9-11H2,1-2H3,(H,17,18). The molecule has 2 N–H and O–H groups in total. The second kappa shape index (κ2) is 6.44. The quantitative estimate of drug-likeness (QED) is 0.831. The number of amides is 1. The van der Waals surface area contributed by atoms with Crippen LogP contribution in [0.15, 0.2) is 29.2 Å². The van der Waals surface area contributed by atoms with Crippen LogP contribution < -0.4 is 10.6 Å². The zero-order valence-electron chi connectivity index (χ0n) is 11.7. The Kier molecular flexibility index (Phi) is 4.88. The number of carbonyl (C=O) groups is 1. The molecule has 1 heterocycles. The fraction of sp³-hybridized carbons (Fsp3) is 0.533. The molecule has 0 spiro atoms. The zero-order valence-corrected chi connectivity index (χ0v) is 12.5. The number of piperidine rings is 1. The van der Waals surface area contributed by atoms with E-state index in [1.54, 1.807) is 11.8 Å². The van der Waals surface area contributed by atoms with Gasteiger partial charge in [-0.25, -0.2) is 0 Å². The normalized spacial score (nSPS) is 23.1. The van der Waals surface area contributed by atoms with E-state index in [1.165, 1.54) is 0 Å². The van der Waals surface area contributed by atoms with Crippen molar-refractivity contribution in [3.63, 3.8) is 0 Å². The molecule has 1 fully saturated rings. The number of hydrogen-bond acceptors (Lipinski definition) is 3. The molecule has 1 aromatic rings. The lowest BCUT2D eigenvalue weighted by Crippen LogP contribution is -2.47. The predicted octanol–water partition coefficient (Wildman–Crippen LogP) is 3.13. The minimum Gasteiger partial charge on any atom is -0.325 e. The molecule has 3 nitrogen and oxygen atoms in total. The first-order valence-electron chi connectivity index (χ1n) is 6.87. The van der Waals surface area contributed by atoms with Crippen LogP contribution in [0.2, 0.25) is 0 Å². The molecule has 1 aliphatic rings. The SMILES string of the molecule is CCC1(C(=O)Nc2ccccc2SC)CCCNC1. The molecule has 1 aliphatic heterocycles. The van der Waals surface area contributed by atoms with Crippen molar-refractivity contribution in [2.24, 2.45) is 5.41 Å². The molecule has 0 aliphatic carbocycles. The average Bonchev–Trinajstić information content (AvgIpc) is 2.48. The Morgan fingerprint density at radius 2 is 2.26 bits per heavy atom. The number of hydrogen-bond donors (Lipinski definition) is 2. The van der Waals surface area contributed by atoms with E-state index in [-0.39, 0.29) is 11.3 Å². The molecule has 1 aromatic carbocycles. The molecule has 0 aromatic heterocycles. The smallest absolute Gasteiger partial charge is 0.231 e. The number of para-hydroxylation sites is 1. The van der Waals surface area contributed by atoms with Crippen molar-refractivity contribution in [3.05, 3.63) is 24.3 Å². The molecular weight excluding hydrogens is 256 g/mol. The van der Waals surface area contributed by atoms with Crippen molar-refractivity contribution in [2.75, 3.05) is 24.7 Å². The van der Waals surface area contributed by atoms with E-state index in [2.05, 4.69) is 17.6 Å². The Bertz CT molecular complexity index is 442. The average molecular weight is 278 g/mol. The van der Waals surface area contributed by atoms with Crippen LogP contribution in [-0.4, -0.2) is 25.3 Å². The van der Waals surface area contributed by atoms with Crippen LogP contribution in [0, 0.1) is 5.41 Å². The summed E-state index contributed by atoms with van der Waals surface area (Å²) in [6.45, 7) is 3.92. The van der Waals surface area contributed by atoms with E-state index in [0.29, 0.717) is 0 Å². The summed E-state index contributed by atoms with van der Waals surface area (Å²) >= 11 is 1.66. The third kappa shape index (κ3) is 3.12. The van der Waals surface area contributed by atoms with Gasteiger partial charge >= 0.3 is 0 Å². The minimum atomic E-state index is -0.246. The zero-order chi connectivity index (χ0) is 13.7. The van der Waals surface area contributed by atoms with E-state index in [1.807, 2.05) is 30.5 Å². The number of nitrogens with one attached hydrogen (secondary N) is 2. The van der Waals surface area contributed by atoms with Crippen LogP contribution in [0.25, 0.3) is 0 Å². The fourth-order valence-electron chi connectivity index (χ4n) is 2.63. The lowest BCUT2D eigenvalue weighted by Gasteiger charge is -2.35. The Labute approximate surface area is 119 Å². The first kappa shape index (κ1) is 14.4. The lowest BCUT2D eigenvalue weighted by molar-refractivity contribution is -0.126. The highest BCUT2D eigenvalue weighted by Gasteiger charge is 2.37. The van der Waals surface area contributed by atoms with Gasteiger partial charge in [0.1, 0.15) is 0 Å². The molecule has 104 valence electrons. The highest BCUT2D eigenvalue weighted by Crippen LogP contribution is 2.33. The van der Waals surface area contributed by atoms with Crippen LogP contribution in [0.4, 0.5) is 5.69 Å². The summed E-state index contributed by atoms with van der Waals surface area (Å²) in [7, 11) is 0. The summed E-state index contributed by atoms with van der Waals surface area (Å²) in [6, 6.07) is 7.98. The van der Waals surface area contributed by atoms with E-state index in [4.69, 9.17) is 0 Å². The molecule has 2 rings (SSSR count). The van der Waals surface area contributed by atoms with Crippen LogP contribution in [0.1, 0.15) is 26.2 Å². The number of carbonyl (C=O) groups excluding carboxylic acids is 1. The van der Waals surface area contributed by atoms with Gasteiger partial charge < -0.3 is 10.6 Å². The molecular formula is C15H22N2OS. The Morgan fingerprint density at radius 1 is 1.47 bits per heavy atom. The third-order valence-corrected chi connectivity index (χ3v) is 4.78. The van der Waals surface area contributed by atoms with Gasteiger partial charge in [-0.3, -0.25) is 4.79 Å². The maximum Gasteiger partial charge on any atom is 0.231 e. The molecule has 0 radical (unpaired) electrons. The highest BCUT2D eigenvalue weighted by atomic mass is 32.2. The lowest BCUT2D eigenvalue weighted by atomic mass is 9.77. The van der Waals surface area contributed by atoms with Crippen molar-refractivity contribution in [3.8, 4) is 0 Å². The topological polar surface area (TPSA) is 41.1 Å². The summed E-state index contributed by atoms with van der Waals surface area (Å²) in [6.07, 6.45) is 4.96. The fourth-order valence-corrected chi connectivity index (χ4v) is 3.18. The summed E-state index contributed by atoms with van der Waals surface area (Å²) < 4.78 is 0. The van der Waals surface area contributed by atoms with Crippen molar-refractivity contribution < 1.29 is 4.79 Å². The van der Waals surface area contributed by atoms with Gasteiger partial charge in [0.25, 0.3) is 0 Å². The second-order valence-electron chi connectivity index (χ2n) is 5.07. The summed E-state index contributed by atoms with van der Waals surface area (Å²) in [5.74, 6) is 0.156. The maximum absolute atomic E-state index is 12.6. The highest BCUT2D eigenvalue weighted by molar-refractivity contribution is 7.98. The van der Waals surface area contributed by atoms with Gasteiger partial charge in [-0.15, -0.1) is 11.8 Å². The first-order chi connectivity index (χ1) is 9.22. The maximum atomic E-state index is 12.6. The molecule has 4 heteroatoms. The third-order valence-electron chi connectivity index (χ3n) is 3.99. The van der Waals surface area contributed by atoms with Crippen molar-refractivity contribution in [1.29, 1.82) is 0 Å². The Balaban J connectivity index is 2.15. The van der Waals surface area contributed by atoms with Crippen LogP contribution in [0.5, 0.6) is 0 Å². The number of anilines is 1. The van der Waals surface area contributed by atoms with Crippen LogP contribution in [0.3, 0.4) is 0 Å². The van der Waals surface area contributed by atoms with Gasteiger partial charge in [-0.05, 0) is 44.2 Å².